The number of nitrogens with one attached hydrogen (secondary N) is 1. The molecule has 0 aliphatic heterocycles. The first-order valence-corrected chi connectivity index (χ1v) is 7.03. The lowest BCUT2D eigenvalue weighted by molar-refractivity contribution is 0.415. The average molecular weight is 315 g/mol. The third kappa shape index (κ3) is 3.55. The molecule has 0 aromatic heterocycles. The molecule has 0 radical (unpaired) electrons. The highest BCUT2D eigenvalue weighted by molar-refractivity contribution is 9.10. The largest absolute Gasteiger partial charge is 0.497 e. The molecule has 0 amide bonds. The van der Waals surface area contributed by atoms with Crippen molar-refractivity contribution in [3.05, 3.63) is 23.2 Å². The van der Waals surface area contributed by atoms with Crippen LogP contribution in [0.25, 0.3) is 0 Å². The van der Waals surface area contributed by atoms with E-state index in [9.17, 15) is 8.42 Å². The van der Waals surface area contributed by atoms with E-state index in [1.54, 1.807) is 12.1 Å². The van der Waals surface area contributed by atoms with E-state index < -0.39 is 10.0 Å². The summed E-state index contributed by atoms with van der Waals surface area (Å²) < 4.78 is 29.6. The van der Waals surface area contributed by atoms with E-state index in [1.807, 2.05) is 0 Å². The summed E-state index contributed by atoms with van der Waals surface area (Å²) in [7, 11) is -1.90. The van der Waals surface area contributed by atoms with Crippen LogP contribution in [0.2, 0.25) is 5.02 Å². The molecule has 7 heteroatoms. The maximum absolute atomic E-state index is 11.3. The van der Waals surface area contributed by atoms with Gasteiger partial charge in [0.05, 0.1) is 17.8 Å². The number of methoxy groups -OCH3 is 1. The van der Waals surface area contributed by atoms with Gasteiger partial charge in [0.2, 0.25) is 10.0 Å². The van der Waals surface area contributed by atoms with E-state index in [2.05, 4.69) is 20.7 Å². The second-order valence-electron chi connectivity index (χ2n) is 2.67. The molecule has 0 saturated carbocycles. The molecule has 0 aliphatic rings. The van der Waals surface area contributed by atoms with E-state index in [0.717, 1.165) is 0 Å². The zero-order valence-corrected chi connectivity index (χ0v) is 11.0. The summed E-state index contributed by atoms with van der Waals surface area (Å²) in [5, 5.41) is 0.320. The molecular weight excluding hydrogens is 306 g/mol. The van der Waals surface area contributed by atoms with Crippen molar-refractivity contribution in [2.45, 2.75) is 0 Å². The molecule has 0 unspecified atom stereocenters. The Hall–Kier alpha value is -0.460. The highest BCUT2D eigenvalue weighted by Crippen LogP contribution is 2.27. The van der Waals surface area contributed by atoms with Crippen molar-refractivity contribution in [1.29, 1.82) is 0 Å². The van der Waals surface area contributed by atoms with Crippen LogP contribution >= 0.6 is 27.5 Å². The fraction of sp³-hybridized carbons (Fsp3) is 0.250. The predicted molar refractivity (Wildman–Crippen MR) is 64.3 cm³/mol. The molecular formula is C8H9BrClNO3S. The first-order valence-electron chi connectivity index (χ1n) is 3.88. The number of anilines is 1. The van der Waals surface area contributed by atoms with E-state index in [4.69, 9.17) is 16.3 Å². The van der Waals surface area contributed by atoms with Crippen LogP contribution in [0.4, 0.5) is 5.69 Å². The zero-order valence-electron chi connectivity index (χ0n) is 7.83. The molecule has 0 saturated heterocycles. The van der Waals surface area contributed by atoms with Crippen molar-refractivity contribution in [3.63, 3.8) is 0 Å². The van der Waals surface area contributed by atoms with Crippen molar-refractivity contribution in [1.82, 2.24) is 0 Å². The molecule has 0 aliphatic carbocycles. The number of halogens is 2. The molecule has 0 bridgehead atoms. The minimum absolute atomic E-state index is 0.187. The second kappa shape index (κ2) is 5.05. The standard InChI is InChI=1S/C8H9BrClNO3S/c1-14-6-2-3-7(10)8(4-6)11-15(12,13)5-9/h2-4,11H,5H2,1H3. The van der Waals surface area contributed by atoms with Gasteiger partial charge in [0.1, 0.15) is 10.4 Å². The van der Waals surface area contributed by atoms with Gasteiger partial charge in [0.15, 0.2) is 0 Å². The van der Waals surface area contributed by atoms with Crippen LogP contribution in [-0.4, -0.2) is 20.2 Å². The Balaban J connectivity index is 3.04. The maximum Gasteiger partial charge on any atom is 0.242 e. The van der Waals surface area contributed by atoms with Gasteiger partial charge < -0.3 is 4.74 Å². The first-order chi connectivity index (χ1) is 6.98. The number of alkyl halides is 1. The van der Waals surface area contributed by atoms with Crippen molar-refractivity contribution >= 4 is 43.2 Å². The van der Waals surface area contributed by atoms with Crippen LogP contribution in [0.5, 0.6) is 5.75 Å². The third-order valence-corrected chi connectivity index (χ3v) is 4.54. The Morgan fingerprint density at radius 3 is 2.73 bits per heavy atom. The fourth-order valence-electron chi connectivity index (χ4n) is 0.904. The summed E-state index contributed by atoms with van der Waals surface area (Å²) in [6.07, 6.45) is 0. The number of hydrogen-bond donors (Lipinski definition) is 1. The minimum Gasteiger partial charge on any atom is -0.497 e. The highest BCUT2D eigenvalue weighted by atomic mass is 79.9. The Morgan fingerprint density at radius 2 is 2.20 bits per heavy atom. The molecule has 0 spiro atoms. The van der Waals surface area contributed by atoms with Crippen molar-refractivity contribution in [2.75, 3.05) is 16.5 Å². The van der Waals surface area contributed by atoms with Crippen molar-refractivity contribution in [3.8, 4) is 5.75 Å². The summed E-state index contributed by atoms with van der Waals surface area (Å²) in [6.45, 7) is 0. The molecule has 0 atom stereocenters. The average Bonchev–Trinajstić information content (AvgIpc) is 2.21. The van der Waals surface area contributed by atoms with E-state index in [-0.39, 0.29) is 4.66 Å². The molecule has 1 aromatic rings. The lowest BCUT2D eigenvalue weighted by atomic mass is 10.3. The van der Waals surface area contributed by atoms with Gasteiger partial charge in [-0.3, -0.25) is 4.72 Å². The van der Waals surface area contributed by atoms with Gasteiger partial charge >= 0.3 is 0 Å². The Morgan fingerprint density at radius 1 is 1.53 bits per heavy atom. The number of rotatable bonds is 4. The van der Waals surface area contributed by atoms with Crippen molar-refractivity contribution in [2.24, 2.45) is 0 Å². The SMILES string of the molecule is COc1ccc(Cl)c(NS(=O)(=O)CBr)c1. The van der Waals surface area contributed by atoms with Gasteiger partial charge in [-0.15, -0.1) is 0 Å². The van der Waals surface area contributed by atoms with E-state index in [0.29, 0.717) is 16.5 Å². The van der Waals surface area contributed by atoms with Gasteiger partial charge in [0.25, 0.3) is 0 Å². The molecule has 15 heavy (non-hydrogen) atoms. The molecule has 0 fully saturated rings. The summed E-state index contributed by atoms with van der Waals surface area (Å²) >= 11 is 8.68. The lowest BCUT2D eigenvalue weighted by Gasteiger charge is -2.08. The van der Waals surface area contributed by atoms with Gasteiger partial charge in [-0.05, 0) is 12.1 Å². The second-order valence-corrected chi connectivity index (χ2v) is 6.10. The van der Waals surface area contributed by atoms with Gasteiger partial charge in [-0.25, -0.2) is 8.42 Å². The molecule has 84 valence electrons. The van der Waals surface area contributed by atoms with Crippen LogP contribution in [0.3, 0.4) is 0 Å². The molecule has 1 N–H and O–H groups in total. The molecule has 4 nitrogen and oxygen atoms in total. The predicted octanol–water partition coefficient (Wildman–Crippen LogP) is 2.44. The minimum atomic E-state index is -3.39. The van der Waals surface area contributed by atoms with E-state index >= 15 is 0 Å². The topological polar surface area (TPSA) is 55.4 Å². The van der Waals surface area contributed by atoms with Crippen LogP contribution in [-0.2, 0) is 10.0 Å². The van der Waals surface area contributed by atoms with Crippen LogP contribution < -0.4 is 9.46 Å². The number of benzene rings is 1. The number of ether oxygens (including phenoxy) is 1. The number of sulfonamides is 1. The van der Waals surface area contributed by atoms with Crippen LogP contribution in [0, 0.1) is 0 Å². The van der Waals surface area contributed by atoms with Gasteiger partial charge in [0, 0.05) is 6.07 Å². The number of hydrogen-bond acceptors (Lipinski definition) is 3. The molecule has 1 rings (SSSR count). The quantitative estimate of drug-likeness (QED) is 0.869. The maximum atomic E-state index is 11.3. The normalized spacial score (nSPS) is 11.1. The summed E-state index contributed by atoms with van der Waals surface area (Å²) in [4.78, 5) is 0. The Kier molecular flexibility index (Phi) is 4.24. The molecule has 1 aromatic carbocycles. The summed E-state index contributed by atoms with van der Waals surface area (Å²) in [5.41, 5.74) is 0.301. The smallest absolute Gasteiger partial charge is 0.242 e. The summed E-state index contributed by atoms with van der Waals surface area (Å²) in [6, 6.07) is 4.73. The molecule has 0 heterocycles. The van der Waals surface area contributed by atoms with Crippen LogP contribution in [0.15, 0.2) is 18.2 Å². The highest BCUT2D eigenvalue weighted by Gasteiger charge is 2.11. The third-order valence-electron chi connectivity index (χ3n) is 1.58. The lowest BCUT2D eigenvalue weighted by Crippen LogP contribution is -2.13. The first kappa shape index (κ1) is 12.6. The van der Waals surface area contributed by atoms with Gasteiger partial charge in [-0.1, -0.05) is 27.5 Å². The van der Waals surface area contributed by atoms with Crippen molar-refractivity contribution < 1.29 is 13.2 Å². The van der Waals surface area contributed by atoms with Crippen LogP contribution in [0.1, 0.15) is 0 Å². The van der Waals surface area contributed by atoms with E-state index in [1.165, 1.54) is 13.2 Å². The monoisotopic (exact) mass is 313 g/mol. The fourth-order valence-corrected chi connectivity index (χ4v) is 2.03. The Labute approximate surface area is 102 Å². The summed E-state index contributed by atoms with van der Waals surface area (Å²) in [5.74, 6) is 0.534. The van der Waals surface area contributed by atoms with Gasteiger partial charge in [-0.2, -0.15) is 0 Å². The Bertz CT molecular complexity index is 449. The zero-order chi connectivity index (χ0) is 11.5.